The fourth-order valence-corrected chi connectivity index (χ4v) is 1.14. The molecule has 5 nitrogen and oxygen atoms in total. The second-order valence-corrected chi connectivity index (χ2v) is 3.29. The zero-order valence-corrected chi connectivity index (χ0v) is 9.34. The molecule has 0 heterocycles. The first-order valence-corrected chi connectivity index (χ1v) is 4.98. The number of carbonyl (C=O) groups excluding carboxylic acids is 3. The van der Waals surface area contributed by atoms with Crippen LogP contribution in [0.15, 0.2) is 30.3 Å². The first-order chi connectivity index (χ1) is 8.08. The standard InChI is InChI=1S/C12H12O5/c1-9(13)17-12(15)8-16-11(14)7-10-5-3-2-4-6-10/h2-6H,7-8H2,1H3. The van der Waals surface area contributed by atoms with Crippen molar-refractivity contribution < 1.29 is 23.9 Å². The molecule has 90 valence electrons. The van der Waals surface area contributed by atoms with Crippen molar-refractivity contribution in [2.24, 2.45) is 0 Å². The van der Waals surface area contributed by atoms with Gasteiger partial charge >= 0.3 is 17.9 Å². The molecule has 0 saturated carbocycles. The average Bonchev–Trinajstić information content (AvgIpc) is 2.27. The zero-order valence-electron chi connectivity index (χ0n) is 9.34. The number of hydrogen-bond donors (Lipinski definition) is 0. The first-order valence-electron chi connectivity index (χ1n) is 4.98. The molecule has 0 aliphatic rings. The van der Waals surface area contributed by atoms with Gasteiger partial charge in [0.15, 0.2) is 6.61 Å². The number of hydrogen-bond acceptors (Lipinski definition) is 5. The molecule has 1 aromatic carbocycles. The number of rotatable bonds is 4. The Bertz CT molecular complexity index is 410. The molecule has 1 rings (SSSR count). The molecule has 0 N–H and O–H groups in total. The van der Waals surface area contributed by atoms with Crippen LogP contribution < -0.4 is 0 Å². The summed E-state index contributed by atoms with van der Waals surface area (Å²) in [6.45, 7) is 0.551. The molecular formula is C12H12O5. The lowest BCUT2D eigenvalue weighted by Crippen LogP contribution is -2.19. The SMILES string of the molecule is CC(=O)OC(=O)COC(=O)Cc1ccccc1. The molecule has 0 amide bonds. The van der Waals surface area contributed by atoms with Gasteiger partial charge in [-0.2, -0.15) is 0 Å². The van der Waals surface area contributed by atoms with Crippen molar-refractivity contribution in [2.45, 2.75) is 13.3 Å². The molecule has 0 fully saturated rings. The van der Waals surface area contributed by atoms with Crippen molar-refractivity contribution in [1.82, 2.24) is 0 Å². The van der Waals surface area contributed by atoms with E-state index in [4.69, 9.17) is 0 Å². The molecule has 17 heavy (non-hydrogen) atoms. The fourth-order valence-electron chi connectivity index (χ4n) is 1.14. The second kappa shape index (κ2) is 6.42. The molecule has 0 atom stereocenters. The minimum atomic E-state index is -0.876. The predicted molar refractivity (Wildman–Crippen MR) is 57.9 cm³/mol. The van der Waals surface area contributed by atoms with Crippen LogP contribution >= 0.6 is 0 Å². The summed E-state index contributed by atoms with van der Waals surface area (Å²) >= 11 is 0. The Morgan fingerprint density at radius 1 is 1.06 bits per heavy atom. The highest BCUT2D eigenvalue weighted by Gasteiger charge is 2.10. The van der Waals surface area contributed by atoms with Crippen molar-refractivity contribution in [1.29, 1.82) is 0 Å². The fraction of sp³-hybridized carbons (Fsp3) is 0.250. The second-order valence-electron chi connectivity index (χ2n) is 3.29. The van der Waals surface area contributed by atoms with Crippen LogP contribution in [0.4, 0.5) is 0 Å². The van der Waals surface area contributed by atoms with E-state index in [1.54, 1.807) is 24.3 Å². The van der Waals surface area contributed by atoms with E-state index in [9.17, 15) is 14.4 Å². The van der Waals surface area contributed by atoms with Crippen LogP contribution in [0.5, 0.6) is 0 Å². The first kappa shape index (κ1) is 12.9. The summed E-state index contributed by atoms with van der Waals surface area (Å²) in [6, 6.07) is 8.97. The smallest absolute Gasteiger partial charge is 0.351 e. The maximum Gasteiger partial charge on any atom is 0.351 e. The molecular weight excluding hydrogens is 224 g/mol. The summed E-state index contributed by atoms with van der Waals surface area (Å²) < 4.78 is 8.84. The molecule has 0 aliphatic heterocycles. The van der Waals surface area contributed by atoms with Gasteiger partial charge in [-0.3, -0.25) is 9.59 Å². The van der Waals surface area contributed by atoms with E-state index in [1.807, 2.05) is 6.07 Å². The summed E-state index contributed by atoms with van der Waals surface area (Å²) in [5.74, 6) is -2.15. The third-order valence-electron chi connectivity index (χ3n) is 1.80. The van der Waals surface area contributed by atoms with Crippen LogP contribution in [0.2, 0.25) is 0 Å². The van der Waals surface area contributed by atoms with Crippen molar-refractivity contribution >= 4 is 17.9 Å². The van der Waals surface area contributed by atoms with Gasteiger partial charge in [0.2, 0.25) is 0 Å². The van der Waals surface area contributed by atoms with Crippen LogP contribution in [-0.2, 0) is 30.3 Å². The summed E-state index contributed by atoms with van der Waals surface area (Å²) in [7, 11) is 0. The number of carbonyl (C=O) groups is 3. The summed E-state index contributed by atoms with van der Waals surface area (Å²) in [5.41, 5.74) is 0.789. The lowest BCUT2D eigenvalue weighted by Gasteiger charge is -2.03. The number of ether oxygens (including phenoxy) is 2. The maximum atomic E-state index is 11.3. The Morgan fingerprint density at radius 3 is 2.29 bits per heavy atom. The van der Waals surface area contributed by atoms with E-state index in [1.165, 1.54) is 0 Å². The van der Waals surface area contributed by atoms with E-state index in [2.05, 4.69) is 9.47 Å². The molecule has 0 unspecified atom stereocenters. The predicted octanol–water partition coefficient (Wildman–Crippen LogP) is 0.862. The molecule has 5 heteroatoms. The van der Waals surface area contributed by atoms with Gasteiger partial charge in [0.05, 0.1) is 6.42 Å². The Kier molecular flexibility index (Phi) is 4.87. The highest BCUT2D eigenvalue weighted by atomic mass is 16.6. The summed E-state index contributed by atoms with van der Waals surface area (Å²) in [5, 5.41) is 0. The largest absolute Gasteiger partial charge is 0.453 e. The Balaban J connectivity index is 2.31. The topological polar surface area (TPSA) is 69.7 Å². The van der Waals surface area contributed by atoms with Crippen LogP contribution in [0.1, 0.15) is 12.5 Å². The monoisotopic (exact) mass is 236 g/mol. The van der Waals surface area contributed by atoms with Crippen molar-refractivity contribution in [2.75, 3.05) is 6.61 Å². The van der Waals surface area contributed by atoms with Crippen molar-refractivity contribution in [3.05, 3.63) is 35.9 Å². The molecule has 0 spiro atoms. The lowest BCUT2D eigenvalue weighted by atomic mass is 10.2. The highest BCUT2D eigenvalue weighted by molar-refractivity contribution is 5.86. The maximum absolute atomic E-state index is 11.3. The van der Waals surface area contributed by atoms with Crippen molar-refractivity contribution in [3.8, 4) is 0 Å². The van der Waals surface area contributed by atoms with Gasteiger partial charge in [0.1, 0.15) is 0 Å². The summed E-state index contributed by atoms with van der Waals surface area (Å²) in [4.78, 5) is 32.6. The Hall–Kier alpha value is -2.17. The molecule has 0 aromatic heterocycles. The van der Waals surface area contributed by atoms with Crippen molar-refractivity contribution in [3.63, 3.8) is 0 Å². The Labute approximate surface area is 98.3 Å². The van der Waals surface area contributed by atoms with E-state index in [-0.39, 0.29) is 6.42 Å². The van der Waals surface area contributed by atoms with Crippen LogP contribution in [0, 0.1) is 0 Å². The molecule has 0 saturated heterocycles. The lowest BCUT2D eigenvalue weighted by molar-refractivity contribution is -0.165. The third kappa shape index (κ3) is 5.46. The van der Waals surface area contributed by atoms with Gasteiger partial charge in [-0.25, -0.2) is 4.79 Å². The number of benzene rings is 1. The van der Waals surface area contributed by atoms with Gasteiger partial charge in [0.25, 0.3) is 0 Å². The Morgan fingerprint density at radius 2 is 1.71 bits per heavy atom. The quantitative estimate of drug-likeness (QED) is 0.573. The van der Waals surface area contributed by atoms with Gasteiger partial charge < -0.3 is 9.47 Å². The normalized spacial score (nSPS) is 9.47. The van der Waals surface area contributed by atoms with Crippen LogP contribution in [0.25, 0.3) is 0 Å². The number of esters is 3. The van der Waals surface area contributed by atoms with E-state index in [0.717, 1.165) is 12.5 Å². The van der Waals surface area contributed by atoms with Gasteiger partial charge in [-0.1, -0.05) is 30.3 Å². The summed E-state index contributed by atoms with van der Waals surface area (Å²) in [6.07, 6.45) is 0.0776. The van der Waals surface area contributed by atoms with Crippen LogP contribution in [0.3, 0.4) is 0 Å². The zero-order chi connectivity index (χ0) is 12.7. The van der Waals surface area contributed by atoms with Gasteiger partial charge in [0, 0.05) is 6.92 Å². The third-order valence-corrected chi connectivity index (χ3v) is 1.80. The molecule has 1 aromatic rings. The molecule has 0 bridgehead atoms. The van der Waals surface area contributed by atoms with Gasteiger partial charge in [-0.15, -0.1) is 0 Å². The minimum absolute atomic E-state index is 0.0776. The van der Waals surface area contributed by atoms with E-state index < -0.39 is 24.5 Å². The average molecular weight is 236 g/mol. The van der Waals surface area contributed by atoms with E-state index in [0.29, 0.717) is 0 Å². The van der Waals surface area contributed by atoms with Crippen LogP contribution in [-0.4, -0.2) is 24.5 Å². The van der Waals surface area contributed by atoms with E-state index >= 15 is 0 Å². The molecule has 0 aliphatic carbocycles. The van der Waals surface area contributed by atoms with Gasteiger partial charge in [-0.05, 0) is 5.56 Å². The molecule has 0 radical (unpaired) electrons. The highest BCUT2D eigenvalue weighted by Crippen LogP contribution is 2.00. The minimum Gasteiger partial charge on any atom is -0.453 e.